The molecule has 1 aliphatic carbocycles. The summed E-state index contributed by atoms with van der Waals surface area (Å²) >= 11 is 5.94. The van der Waals surface area contributed by atoms with E-state index in [0.717, 1.165) is 24.3 Å². The minimum atomic E-state index is 0.365. The van der Waals surface area contributed by atoms with Gasteiger partial charge in [0.15, 0.2) is 0 Å². The van der Waals surface area contributed by atoms with E-state index in [0.29, 0.717) is 11.1 Å². The number of hydrogen-bond acceptors (Lipinski definition) is 2. The molecule has 0 heterocycles. The van der Waals surface area contributed by atoms with E-state index in [1.165, 1.54) is 0 Å². The van der Waals surface area contributed by atoms with E-state index in [9.17, 15) is 0 Å². The summed E-state index contributed by atoms with van der Waals surface area (Å²) in [4.78, 5) is 0. The Morgan fingerprint density at radius 3 is 2.77 bits per heavy atom. The monoisotopic (exact) mass is 198 g/mol. The van der Waals surface area contributed by atoms with Crippen molar-refractivity contribution in [3.63, 3.8) is 0 Å². The molecule has 1 fully saturated rings. The highest BCUT2D eigenvalue weighted by Crippen LogP contribution is 2.34. The standard InChI is InChI=1S/C10H11ClO2/c1-12-8-4-5-9(11)10(6-8)13-7-2-3-7/h4-7H,2-3H2,1H3. The summed E-state index contributed by atoms with van der Waals surface area (Å²) < 4.78 is 10.7. The number of rotatable bonds is 3. The number of halogens is 1. The molecular formula is C10H11ClO2. The molecule has 13 heavy (non-hydrogen) atoms. The van der Waals surface area contributed by atoms with Gasteiger partial charge in [-0.3, -0.25) is 0 Å². The molecule has 0 N–H and O–H groups in total. The third-order valence-electron chi connectivity index (χ3n) is 1.96. The Balaban J connectivity index is 2.19. The van der Waals surface area contributed by atoms with Crippen LogP contribution in [0.25, 0.3) is 0 Å². The Morgan fingerprint density at radius 1 is 1.38 bits per heavy atom. The van der Waals surface area contributed by atoms with Crippen molar-refractivity contribution in [1.29, 1.82) is 0 Å². The van der Waals surface area contributed by atoms with Crippen LogP contribution >= 0.6 is 11.6 Å². The van der Waals surface area contributed by atoms with Crippen molar-refractivity contribution in [2.24, 2.45) is 0 Å². The molecule has 0 atom stereocenters. The van der Waals surface area contributed by atoms with Crippen molar-refractivity contribution in [2.45, 2.75) is 18.9 Å². The zero-order chi connectivity index (χ0) is 9.26. The normalized spacial score (nSPS) is 15.5. The van der Waals surface area contributed by atoms with Crippen LogP contribution in [0.5, 0.6) is 11.5 Å². The third kappa shape index (κ3) is 2.07. The molecule has 1 aromatic carbocycles. The number of hydrogen-bond donors (Lipinski definition) is 0. The fourth-order valence-corrected chi connectivity index (χ4v) is 1.23. The maximum Gasteiger partial charge on any atom is 0.141 e. The van der Waals surface area contributed by atoms with Gasteiger partial charge < -0.3 is 9.47 Å². The van der Waals surface area contributed by atoms with E-state index in [2.05, 4.69) is 0 Å². The van der Waals surface area contributed by atoms with E-state index in [1.54, 1.807) is 13.2 Å². The molecule has 0 aliphatic heterocycles. The van der Waals surface area contributed by atoms with Crippen LogP contribution in [0.4, 0.5) is 0 Å². The molecule has 0 saturated heterocycles. The summed E-state index contributed by atoms with van der Waals surface area (Å²) in [6, 6.07) is 5.43. The molecule has 3 heteroatoms. The molecule has 1 aliphatic rings. The minimum absolute atomic E-state index is 0.365. The van der Waals surface area contributed by atoms with Crippen LogP contribution in [0.3, 0.4) is 0 Å². The average molecular weight is 199 g/mol. The summed E-state index contributed by atoms with van der Waals surface area (Å²) in [5.74, 6) is 1.50. The summed E-state index contributed by atoms with van der Waals surface area (Å²) in [6.07, 6.45) is 2.63. The van der Waals surface area contributed by atoms with Gasteiger partial charge in [0.2, 0.25) is 0 Å². The summed E-state index contributed by atoms with van der Waals surface area (Å²) in [5.41, 5.74) is 0. The summed E-state index contributed by atoms with van der Waals surface area (Å²) in [5, 5.41) is 0.646. The summed E-state index contributed by atoms with van der Waals surface area (Å²) in [6.45, 7) is 0. The van der Waals surface area contributed by atoms with Crippen molar-refractivity contribution >= 4 is 11.6 Å². The topological polar surface area (TPSA) is 18.5 Å². The maximum atomic E-state index is 5.94. The van der Waals surface area contributed by atoms with Gasteiger partial charge in [0.1, 0.15) is 11.5 Å². The summed E-state index contributed by atoms with van der Waals surface area (Å²) in [7, 11) is 1.63. The first kappa shape index (κ1) is 8.70. The van der Waals surface area contributed by atoms with Crippen molar-refractivity contribution in [3.8, 4) is 11.5 Å². The Kier molecular flexibility index (Phi) is 2.32. The first-order valence-corrected chi connectivity index (χ1v) is 4.67. The average Bonchev–Trinajstić information content (AvgIpc) is 2.93. The highest BCUT2D eigenvalue weighted by atomic mass is 35.5. The highest BCUT2D eigenvalue weighted by Gasteiger charge is 2.24. The van der Waals surface area contributed by atoms with Crippen LogP contribution < -0.4 is 9.47 Å². The lowest BCUT2D eigenvalue weighted by atomic mass is 10.3. The van der Waals surface area contributed by atoms with E-state index in [-0.39, 0.29) is 0 Å². The van der Waals surface area contributed by atoms with Gasteiger partial charge >= 0.3 is 0 Å². The van der Waals surface area contributed by atoms with Crippen LogP contribution in [-0.2, 0) is 0 Å². The van der Waals surface area contributed by atoms with Gasteiger partial charge in [-0.15, -0.1) is 0 Å². The van der Waals surface area contributed by atoms with Crippen molar-refractivity contribution < 1.29 is 9.47 Å². The number of methoxy groups -OCH3 is 1. The molecule has 0 radical (unpaired) electrons. The molecule has 1 saturated carbocycles. The quantitative estimate of drug-likeness (QED) is 0.744. The van der Waals surface area contributed by atoms with Gasteiger partial charge in [-0.05, 0) is 25.0 Å². The first-order chi connectivity index (χ1) is 6.29. The van der Waals surface area contributed by atoms with Crippen LogP contribution in [-0.4, -0.2) is 13.2 Å². The molecule has 70 valence electrons. The van der Waals surface area contributed by atoms with Crippen LogP contribution in [0.15, 0.2) is 18.2 Å². The van der Waals surface area contributed by atoms with Gasteiger partial charge in [0, 0.05) is 6.07 Å². The smallest absolute Gasteiger partial charge is 0.141 e. The van der Waals surface area contributed by atoms with Gasteiger partial charge in [-0.2, -0.15) is 0 Å². The Labute approximate surface area is 82.4 Å². The molecule has 2 nitrogen and oxygen atoms in total. The van der Waals surface area contributed by atoms with Crippen molar-refractivity contribution in [2.75, 3.05) is 7.11 Å². The lowest BCUT2D eigenvalue weighted by Crippen LogP contribution is -1.96. The van der Waals surface area contributed by atoms with Gasteiger partial charge in [-0.25, -0.2) is 0 Å². The van der Waals surface area contributed by atoms with Crippen LogP contribution in [0.2, 0.25) is 5.02 Å². The number of ether oxygens (including phenoxy) is 2. The zero-order valence-corrected chi connectivity index (χ0v) is 8.17. The van der Waals surface area contributed by atoms with Crippen molar-refractivity contribution in [3.05, 3.63) is 23.2 Å². The predicted molar refractivity (Wildman–Crippen MR) is 51.7 cm³/mol. The van der Waals surface area contributed by atoms with Crippen LogP contribution in [0, 0.1) is 0 Å². The zero-order valence-electron chi connectivity index (χ0n) is 7.42. The second kappa shape index (κ2) is 3.46. The van der Waals surface area contributed by atoms with Gasteiger partial charge in [0.25, 0.3) is 0 Å². The Bertz CT molecular complexity index is 308. The molecule has 2 rings (SSSR count). The first-order valence-electron chi connectivity index (χ1n) is 4.30. The maximum absolute atomic E-state index is 5.94. The molecule has 1 aromatic rings. The Morgan fingerprint density at radius 2 is 2.15 bits per heavy atom. The second-order valence-corrected chi connectivity index (χ2v) is 3.52. The second-order valence-electron chi connectivity index (χ2n) is 3.11. The molecular weight excluding hydrogens is 188 g/mol. The third-order valence-corrected chi connectivity index (χ3v) is 2.27. The molecule has 0 aromatic heterocycles. The van der Waals surface area contributed by atoms with E-state index < -0.39 is 0 Å². The Hall–Kier alpha value is -0.890. The van der Waals surface area contributed by atoms with E-state index in [1.807, 2.05) is 12.1 Å². The lowest BCUT2D eigenvalue weighted by molar-refractivity contribution is 0.301. The highest BCUT2D eigenvalue weighted by molar-refractivity contribution is 6.32. The SMILES string of the molecule is COc1ccc(Cl)c(OC2CC2)c1. The number of benzene rings is 1. The minimum Gasteiger partial charge on any atom is -0.497 e. The van der Waals surface area contributed by atoms with Gasteiger partial charge in [-0.1, -0.05) is 11.6 Å². The predicted octanol–water partition coefficient (Wildman–Crippen LogP) is 2.89. The fourth-order valence-electron chi connectivity index (χ4n) is 1.07. The molecule has 0 bridgehead atoms. The molecule has 0 unspecified atom stereocenters. The largest absolute Gasteiger partial charge is 0.497 e. The molecule has 0 spiro atoms. The lowest BCUT2D eigenvalue weighted by Gasteiger charge is -2.07. The fraction of sp³-hybridized carbons (Fsp3) is 0.400. The molecule has 0 amide bonds. The van der Waals surface area contributed by atoms with Crippen molar-refractivity contribution in [1.82, 2.24) is 0 Å². The van der Waals surface area contributed by atoms with Gasteiger partial charge in [0.05, 0.1) is 18.2 Å². The van der Waals surface area contributed by atoms with Crippen LogP contribution in [0.1, 0.15) is 12.8 Å². The van der Waals surface area contributed by atoms with E-state index >= 15 is 0 Å². The van der Waals surface area contributed by atoms with E-state index in [4.69, 9.17) is 21.1 Å².